The normalized spacial score (nSPS) is 25.0. The van der Waals surface area contributed by atoms with Gasteiger partial charge in [0, 0.05) is 0 Å². The lowest BCUT2D eigenvalue weighted by atomic mass is 10.2. The largest absolute Gasteiger partial charge is 0.462 e. The molecule has 0 saturated carbocycles. The quantitative estimate of drug-likeness (QED) is 0.647. The molecular weight excluding hydrogens is 316 g/mol. The Morgan fingerprint density at radius 1 is 1.23 bits per heavy atom. The van der Waals surface area contributed by atoms with Crippen molar-refractivity contribution in [2.45, 2.75) is 31.7 Å². The number of rotatable bonds is 2. The fourth-order valence-corrected chi connectivity index (χ4v) is 1.95. The summed E-state index contributed by atoms with van der Waals surface area (Å²) in [6.07, 6.45) is -11.2. The third kappa shape index (κ3) is 4.02. The molecule has 1 aliphatic heterocycles. The maximum atomic E-state index is 12.9. The summed E-state index contributed by atoms with van der Waals surface area (Å²) < 4.78 is 81.6. The van der Waals surface area contributed by atoms with Gasteiger partial charge >= 0.3 is 12.5 Å². The Kier molecular flexibility index (Phi) is 4.54. The van der Waals surface area contributed by atoms with Crippen molar-refractivity contribution in [2.75, 3.05) is 6.67 Å². The van der Waals surface area contributed by atoms with Crippen LogP contribution in [0.25, 0.3) is 6.08 Å². The van der Waals surface area contributed by atoms with Crippen molar-refractivity contribution in [3.63, 3.8) is 0 Å². The van der Waals surface area contributed by atoms with Crippen LogP contribution < -0.4 is 10.6 Å². The molecule has 124 valence electrons. The summed E-state index contributed by atoms with van der Waals surface area (Å²) in [6, 6.07) is 3.10. The van der Waals surface area contributed by atoms with E-state index in [1.807, 2.05) is 5.32 Å². The van der Waals surface area contributed by atoms with Gasteiger partial charge in [0.2, 0.25) is 0 Å². The lowest BCUT2D eigenvalue weighted by Crippen LogP contribution is -2.69. The van der Waals surface area contributed by atoms with Crippen molar-refractivity contribution >= 4 is 6.08 Å². The van der Waals surface area contributed by atoms with Crippen LogP contribution in [0.2, 0.25) is 0 Å². The van der Waals surface area contributed by atoms with Crippen molar-refractivity contribution in [1.29, 1.82) is 0 Å². The van der Waals surface area contributed by atoms with E-state index < -0.39 is 31.5 Å². The minimum absolute atomic E-state index is 0.0818. The molecule has 1 saturated heterocycles. The molecule has 2 rings (SSSR count). The summed E-state index contributed by atoms with van der Waals surface area (Å²) in [7, 11) is 0. The van der Waals surface area contributed by atoms with E-state index in [1.165, 1.54) is 12.1 Å². The highest BCUT2D eigenvalue weighted by molar-refractivity contribution is 5.43. The van der Waals surface area contributed by atoms with Crippen molar-refractivity contribution in [3.8, 4) is 0 Å². The van der Waals surface area contributed by atoms with Crippen LogP contribution in [0, 0.1) is 6.92 Å². The number of alkyl halides is 6. The molecule has 2 N–H and O–H groups in total. The average molecular weight is 329 g/mol. The number of nitrogens with one attached hydrogen (secondary N) is 2. The predicted octanol–water partition coefficient (Wildman–Crippen LogP) is 2.79. The molecule has 1 fully saturated rings. The first-order valence-corrected chi connectivity index (χ1v) is 6.21. The van der Waals surface area contributed by atoms with Gasteiger partial charge in [-0.15, -0.1) is 0 Å². The van der Waals surface area contributed by atoms with Gasteiger partial charge in [-0.3, -0.25) is 10.6 Å². The Bertz CT molecular complexity index is 536. The topological polar surface area (TPSA) is 40.4 Å². The third-order valence-electron chi connectivity index (χ3n) is 3.00. The van der Waals surface area contributed by atoms with E-state index in [1.54, 1.807) is 18.3 Å². The monoisotopic (exact) mass is 329 g/mol. The molecule has 1 aliphatic rings. The molecule has 1 aromatic heterocycles. The molecule has 2 heterocycles. The van der Waals surface area contributed by atoms with Crippen LogP contribution in [0.1, 0.15) is 11.5 Å². The summed E-state index contributed by atoms with van der Waals surface area (Å²) in [4.78, 5) is -0.0818. The smallest absolute Gasteiger partial charge is 0.462 e. The van der Waals surface area contributed by atoms with Gasteiger partial charge in [-0.1, -0.05) is 0 Å². The second-order valence-electron chi connectivity index (χ2n) is 4.69. The van der Waals surface area contributed by atoms with Gasteiger partial charge in [0.25, 0.3) is 0 Å². The van der Waals surface area contributed by atoms with E-state index in [2.05, 4.69) is 0 Å². The summed E-state index contributed by atoms with van der Waals surface area (Å²) in [6.45, 7) is 0.661. The van der Waals surface area contributed by atoms with E-state index >= 15 is 0 Å². The highest BCUT2D eigenvalue weighted by Gasteiger charge is 2.49. The first kappa shape index (κ1) is 16.8. The Morgan fingerprint density at radius 2 is 1.91 bits per heavy atom. The van der Waals surface area contributed by atoms with E-state index in [9.17, 15) is 26.3 Å². The molecule has 22 heavy (non-hydrogen) atoms. The minimum Gasteiger partial charge on any atom is -0.462 e. The third-order valence-corrected chi connectivity index (χ3v) is 3.00. The fraction of sp³-hybridized carbons (Fsp3) is 0.500. The number of hydrogen-bond donors (Lipinski definition) is 2. The average Bonchev–Trinajstić information content (AvgIpc) is 2.79. The Morgan fingerprint density at radius 3 is 2.41 bits per heavy atom. The highest BCUT2D eigenvalue weighted by atomic mass is 19.4. The standard InChI is InChI=1S/C12H13F6N3O/c1-7-2-3-8(22-7)4-5-9-20-10(11(13,14)15)19-6-21(9)12(16,17)18/h2-5,9-10,19-20H,6H2,1H3/b5-4+. The van der Waals surface area contributed by atoms with Crippen LogP contribution in [0.15, 0.2) is 22.6 Å². The zero-order valence-corrected chi connectivity index (χ0v) is 11.3. The number of hydrogen-bond acceptors (Lipinski definition) is 4. The van der Waals surface area contributed by atoms with Gasteiger partial charge < -0.3 is 4.42 Å². The number of halogens is 6. The molecular formula is C12H13F6N3O. The summed E-state index contributed by atoms with van der Waals surface area (Å²) >= 11 is 0. The molecule has 10 heteroatoms. The van der Waals surface area contributed by atoms with Crippen molar-refractivity contribution in [2.24, 2.45) is 0 Å². The molecule has 0 amide bonds. The minimum atomic E-state index is -4.79. The number of aryl methyl sites for hydroxylation is 1. The Balaban J connectivity index is 2.18. The van der Waals surface area contributed by atoms with Crippen LogP contribution >= 0.6 is 0 Å². The van der Waals surface area contributed by atoms with E-state index in [-0.39, 0.29) is 10.7 Å². The Hall–Kier alpha value is -1.52. The lowest BCUT2D eigenvalue weighted by molar-refractivity contribution is -0.277. The van der Waals surface area contributed by atoms with E-state index in [4.69, 9.17) is 4.42 Å². The van der Waals surface area contributed by atoms with Crippen LogP contribution in [0.4, 0.5) is 26.3 Å². The van der Waals surface area contributed by atoms with Crippen LogP contribution in [0.5, 0.6) is 0 Å². The van der Waals surface area contributed by atoms with Crippen LogP contribution in [0.3, 0.4) is 0 Å². The first-order chi connectivity index (χ1) is 10.1. The van der Waals surface area contributed by atoms with E-state index in [0.717, 1.165) is 6.08 Å². The van der Waals surface area contributed by atoms with Crippen molar-refractivity contribution in [1.82, 2.24) is 15.5 Å². The van der Waals surface area contributed by atoms with Gasteiger partial charge in [0.15, 0.2) is 6.17 Å². The maximum absolute atomic E-state index is 12.9. The summed E-state index contributed by atoms with van der Waals surface area (Å²) in [5, 5.41) is 3.63. The maximum Gasteiger partial charge on any atom is 0.462 e. The number of nitrogens with zero attached hydrogens (tertiary/aromatic N) is 1. The highest BCUT2D eigenvalue weighted by Crippen LogP contribution is 2.28. The molecule has 0 spiro atoms. The second-order valence-corrected chi connectivity index (χ2v) is 4.69. The SMILES string of the molecule is Cc1ccc(/C=C/C2NC(C(F)(F)F)NCN2C(F)(F)F)o1. The molecule has 0 radical (unpaired) electrons. The van der Waals surface area contributed by atoms with Crippen molar-refractivity contribution < 1.29 is 30.8 Å². The van der Waals surface area contributed by atoms with Gasteiger partial charge in [-0.25, -0.2) is 0 Å². The molecule has 1 aromatic rings. The van der Waals surface area contributed by atoms with Gasteiger partial charge in [-0.05, 0) is 31.2 Å². The molecule has 2 unspecified atom stereocenters. The Labute approximate surface area is 121 Å². The van der Waals surface area contributed by atoms with Gasteiger partial charge in [0.1, 0.15) is 11.5 Å². The molecule has 2 atom stereocenters. The summed E-state index contributed by atoms with van der Waals surface area (Å²) in [5.74, 6) is 0.794. The van der Waals surface area contributed by atoms with E-state index in [0.29, 0.717) is 5.76 Å². The fourth-order valence-electron chi connectivity index (χ4n) is 1.95. The molecule has 0 aliphatic carbocycles. The molecule has 4 nitrogen and oxygen atoms in total. The number of furan rings is 1. The molecule has 0 aromatic carbocycles. The van der Waals surface area contributed by atoms with Gasteiger partial charge in [0.05, 0.1) is 12.8 Å². The van der Waals surface area contributed by atoms with Crippen LogP contribution in [-0.4, -0.2) is 36.4 Å². The summed E-state index contributed by atoms with van der Waals surface area (Å²) in [5.41, 5.74) is 0. The molecule has 0 bridgehead atoms. The van der Waals surface area contributed by atoms with Crippen LogP contribution in [-0.2, 0) is 0 Å². The second kappa shape index (κ2) is 5.94. The lowest BCUT2D eigenvalue weighted by Gasteiger charge is -2.40. The zero-order chi connectivity index (χ0) is 16.5. The first-order valence-electron chi connectivity index (χ1n) is 6.21. The predicted molar refractivity (Wildman–Crippen MR) is 65.1 cm³/mol. The zero-order valence-electron chi connectivity index (χ0n) is 11.3. The van der Waals surface area contributed by atoms with Crippen molar-refractivity contribution in [3.05, 3.63) is 29.7 Å². The van der Waals surface area contributed by atoms with Gasteiger partial charge in [-0.2, -0.15) is 31.2 Å².